The Hall–Kier alpha value is -0.440. The van der Waals surface area contributed by atoms with E-state index in [-0.39, 0.29) is 35.4 Å². The van der Waals surface area contributed by atoms with E-state index in [2.05, 4.69) is 43.5 Å². The minimum absolute atomic E-state index is 0. The fourth-order valence-electron chi connectivity index (χ4n) is 1.93. The van der Waals surface area contributed by atoms with Crippen LogP contribution in [0.4, 0.5) is 0 Å². The highest BCUT2D eigenvalue weighted by atomic mass is 127. The molecule has 0 aliphatic carbocycles. The van der Waals surface area contributed by atoms with Crippen LogP contribution in [-0.2, 0) is 0 Å². The van der Waals surface area contributed by atoms with Crippen molar-refractivity contribution in [3.05, 3.63) is 0 Å². The molecule has 18 heavy (non-hydrogen) atoms. The summed E-state index contributed by atoms with van der Waals surface area (Å²) in [7, 11) is 0. The quantitative estimate of drug-likeness (QED) is 0.337. The summed E-state index contributed by atoms with van der Waals surface area (Å²) in [5.41, 5.74) is 6.01. The van der Waals surface area contributed by atoms with E-state index < -0.39 is 0 Å². The van der Waals surface area contributed by atoms with Gasteiger partial charge in [-0.2, -0.15) is 0 Å². The van der Waals surface area contributed by atoms with Gasteiger partial charge in [0.15, 0.2) is 5.96 Å². The lowest BCUT2D eigenvalue weighted by Gasteiger charge is -2.32. The van der Waals surface area contributed by atoms with Crippen molar-refractivity contribution in [2.24, 2.45) is 22.1 Å². The molecule has 0 saturated carbocycles. The summed E-state index contributed by atoms with van der Waals surface area (Å²) >= 11 is 0. The van der Waals surface area contributed by atoms with Crippen molar-refractivity contribution in [2.45, 2.75) is 46.6 Å². The lowest BCUT2D eigenvalue weighted by atomic mass is 9.88. The van der Waals surface area contributed by atoms with Gasteiger partial charge in [-0.3, -0.25) is 0 Å². The summed E-state index contributed by atoms with van der Waals surface area (Å²) in [6, 6.07) is -0.151. The van der Waals surface area contributed by atoms with Gasteiger partial charge in [-0.05, 0) is 24.2 Å². The maximum atomic E-state index is 6.05. The maximum absolute atomic E-state index is 6.05. The standard InChI is InChI=1S/C14H25N3.HI/c1-6-12(14(3,4)5)16-13(15)17-9-7-11(2)8-10-17;/h1,11-12H,7-10H2,2-5H3,(H2,15,16);1H. The van der Waals surface area contributed by atoms with Gasteiger partial charge in [0, 0.05) is 13.1 Å². The van der Waals surface area contributed by atoms with Crippen molar-refractivity contribution in [1.29, 1.82) is 0 Å². The second kappa shape index (κ2) is 7.22. The van der Waals surface area contributed by atoms with Crippen LogP contribution in [0, 0.1) is 23.7 Å². The second-order valence-electron chi connectivity index (χ2n) is 6.09. The van der Waals surface area contributed by atoms with E-state index in [1.807, 2.05) is 0 Å². The third kappa shape index (κ3) is 5.05. The van der Waals surface area contributed by atoms with Crippen LogP contribution in [0.15, 0.2) is 4.99 Å². The molecule has 0 aromatic heterocycles. The molecule has 1 atom stereocenters. The number of halogens is 1. The Kier molecular flexibility index (Phi) is 7.05. The Morgan fingerprint density at radius 3 is 2.28 bits per heavy atom. The van der Waals surface area contributed by atoms with Crippen molar-refractivity contribution in [1.82, 2.24) is 4.90 Å². The Morgan fingerprint density at radius 2 is 1.89 bits per heavy atom. The second-order valence-corrected chi connectivity index (χ2v) is 6.09. The Labute approximate surface area is 129 Å². The summed E-state index contributed by atoms with van der Waals surface area (Å²) < 4.78 is 0. The molecule has 1 fully saturated rings. The molecule has 0 amide bonds. The highest BCUT2D eigenvalue weighted by Crippen LogP contribution is 2.22. The minimum atomic E-state index is -0.151. The van der Waals surface area contributed by atoms with Gasteiger partial charge in [0.05, 0.1) is 0 Å². The molecule has 0 aromatic rings. The number of piperidine rings is 1. The average Bonchev–Trinajstić information content (AvgIpc) is 2.24. The number of hydrogen-bond donors (Lipinski definition) is 1. The van der Waals surface area contributed by atoms with Crippen LogP contribution in [0.3, 0.4) is 0 Å². The number of hydrogen-bond acceptors (Lipinski definition) is 1. The van der Waals surface area contributed by atoms with Crippen molar-refractivity contribution in [3.63, 3.8) is 0 Å². The molecule has 0 bridgehead atoms. The molecular weight excluding hydrogens is 337 g/mol. The SMILES string of the molecule is C#CC(N=C(N)N1CCC(C)CC1)C(C)(C)C.I. The predicted octanol–water partition coefficient (Wildman–Crippen LogP) is 2.70. The largest absolute Gasteiger partial charge is 0.370 e. The van der Waals surface area contributed by atoms with E-state index in [0.717, 1.165) is 19.0 Å². The highest BCUT2D eigenvalue weighted by Gasteiger charge is 2.24. The van der Waals surface area contributed by atoms with Gasteiger partial charge in [0.2, 0.25) is 0 Å². The lowest BCUT2D eigenvalue weighted by molar-refractivity contribution is 0.274. The van der Waals surface area contributed by atoms with E-state index >= 15 is 0 Å². The molecule has 104 valence electrons. The monoisotopic (exact) mass is 363 g/mol. The number of rotatable bonds is 1. The first-order valence-electron chi connectivity index (χ1n) is 6.39. The Bertz CT molecular complexity index is 317. The predicted molar refractivity (Wildman–Crippen MR) is 89.1 cm³/mol. The van der Waals surface area contributed by atoms with Crippen LogP contribution in [0.25, 0.3) is 0 Å². The number of aliphatic imine (C=N–C) groups is 1. The van der Waals surface area contributed by atoms with Crippen LogP contribution >= 0.6 is 24.0 Å². The molecule has 1 rings (SSSR count). The fourth-order valence-corrected chi connectivity index (χ4v) is 1.93. The van der Waals surface area contributed by atoms with E-state index in [1.165, 1.54) is 12.8 Å². The number of guanidine groups is 1. The highest BCUT2D eigenvalue weighted by molar-refractivity contribution is 14.0. The average molecular weight is 363 g/mol. The van der Waals surface area contributed by atoms with Gasteiger partial charge in [-0.25, -0.2) is 4.99 Å². The van der Waals surface area contributed by atoms with Gasteiger partial charge in [-0.1, -0.05) is 33.6 Å². The van der Waals surface area contributed by atoms with Gasteiger partial charge < -0.3 is 10.6 Å². The number of likely N-dealkylation sites (tertiary alicyclic amines) is 1. The first-order valence-corrected chi connectivity index (χ1v) is 6.39. The van der Waals surface area contributed by atoms with Crippen molar-refractivity contribution in [3.8, 4) is 12.3 Å². The molecule has 3 nitrogen and oxygen atoms in total. The Morgan fingerprint density at radius 1 is 1.39 bits per heavy atom. The van der Waals surface area contributed by atoms with Crippen molar-refractivity contribution < 1.29 is 0 Å². The van der Waals surface area contributed by atoms with Gasteiger partial charge in [0.1, 0.15) is 6.04 Å². The number of terminal acetylenes is 1. The number of nitrogens with two attached hydrogens (primary N) is 1. The summed E-state index contributed by atoms with van der Waals surface area (Å²) in [6.07, 6.45) is 7.90. The molecule has 0 spiro atoms. The molecule has 1 unspecified atom stereocenters. The summed E-state index contributed by atoms with van der Waals surface area (Å²) in [6.45, 7) is 10.5. The zero-order valence-corrected chi connectivity index (χ0v) is 14.3. The third-order valence-electron chi connectivity index (χ3n) is 3.35. The molecule has 1 saturated heterocycles. The van der Waals surface area contributed by atoms with E-state index in [0.29, 0.717) is 5.96 Å². The van der Waals surface area contributed by atoms with Gasteiger partial charge in [0.25, 0.3) is 0 Å². The zero-order chi connectivity index (χ0) is 13.1. The molecule has 2 N–H and O–H groups in total. The number of nitrogens with zero attached hydrogens (tertiary/aromatic N) is 2. The Balaban J connectivity index is 0.00000289. The van der Waals surface area contributed by atoms with Gasteiger partial charge in [-0.15, -0.1) is 30.4 Å². The van der Waals surface area contributed by atoms with Gasteiger partial charge >= 0.3 is 0 Å². The smallest absolute Gasteiger partial charge is 0.192 e. The van der Waals surface area contributed by atoms with Crippen LogP contribution in [0.5, 0.6) is 0 Å². The minimum Gasteiger partial charge on any atom is -0.370 e. The van der Waals surface area contributed by atoms with Crippen LogP contribution in [0.1, 0.15) is 40.5 Å². The van der Waals surface area contributed by atoms with Crippen molar-refractivity contribution in [2.75, 3.05) is 13.1 Å². The molecule has 0 radical (unpaired) electrons. The first-order chi connectivity index (χ1) is 7.84. The molecule has 4 heteroatoms. The topological polar surface area (TPSA) is 41.6 Å². The fraction of sp³-hybridized carbons (Fsp3) is 0.786. The molecular formula is C14H26IN3. The van der Waals surface area contributed by atoms with Crippen LogP contribution in [0.2, 0.25) is 0 Å². The maximum Gasteiger partial charge on any atom is 0.192 e. The molecule has 1 aliphatic rings. The third-order valence-corrected chi connectivity index (χ3v) is 3.35. The van der Waals surface area contributed by atoms with Crippen molar-refractivity contribution >= 4 is 29.9 Å². The van der Waals surface area contributed by atoms with Crippen LogP contribution < -0.4 is 5.73 Å². The summed E-state index contributed by atoms with van der Waals surface area (Å²) in [4.78, 5) is 6.65. The summed E-state index contributed by atoms with van der Waals surface area (Å²) in [5.74, 6) is 4.13. The first kappa shape index (κ1) is 17.6. The van der Waals surface area contributed by atoms with E-state index in [9.17, 15) is 0 Å². The van der Waals surface area contributed by atoms with E-state index in [4.69, 9.17) is 12.2 Å². The molecule has 1 heterocycles. The zero-order valence-electron chi connectivity index (χ0n) is 11.9. The lowest BCUT2D eigenvalue weighted by Crippen LogP contribution is -2.43. The molecule has 1 aliphatic heterocycles. The van der Waals surface area contributed by atoms with E-state index in [1.54, 1.807) is 0 Å². The molecule has 0 aromatic carbocycles. The summed E-state index contributed by atoms with van der Waals surface area (Å²) in [5, 5.41) is 0. The van der Waals surface area contributed by atoms with Crippen LogP contribution in [-0.4, -0.2) is 30.0 Å². The normalized spacial score (nSPS) is 19.9.